The Bertz CT molecular complexity index is 673. The maximum Gasteiger partial charge on any atom is 0.407 e. The van der Waals surface area contributed by atoms with Crippen LogP contribution in [-0.2, 0) is 20.9 Å². The van der Waals surface area contributed by atoms with Crippen molar-refractivity contribution in [2.45, 2.75) is 38.5 Å². The van der Waals surface area contributed by atoms with E-state index in [9.17, 15) is 19.5 Å². The molecule has 0 saturated carbocycles. The number of nitrogens with one attached hydrogen (secondary N) is 2. The lowest BCUT2D eigenvalue weighted by atomic mass is 10.0. The first-order valence-electron chi connectivity index (χ1n) is 8.36. The van der Waals surface area contributed by atoms with Crippen LogP contribution in [-0.4, -0.2) is 46.9 Å². The molecule has 27 heavy (non-hydrogen) atoms. The summed E-state index contributed by atoms with van der Waals surface area (Å²) in [6, 6.07) is 9.70. The molecule has 4 N–H and O–H groups in total. The van der Waals surface area contributed by atoms with Crippen LogP contribution in [0.3, 0.4) is 0 Å². The standard InChI is InChI=1S/C18H23N3O6/c1-12(9-19)7-15(17(24)25)21-16(23)8-14(22)10-20-18(26)27-11-13-5-3-2-4-6-13/h2-6,12,14-15,22H,7-8,10-11H2,1H3,(H,20,26)(H,21,23)(H,24,25)/t12-,14+,15-/m0/s1. The zero-order valence-electron chi connectivity index (χ0n) is 14.9. The van der Waals surface area contributed by atoms with Crippen molar-refractivity contribution in [3.63, 3.8) is 0 Å². The molecule has 0 bridgehead atoms. The molecule has 0 aromatic heterocycles. The minimum atomic E-state index is -1.26. The van der Waals surface area contributed by atoms with Crippen LogP contribution in [0.15, 0.2) is 30.3 Å². The van der Waals surface area contributed by atoms with Crippen LogP contribution >= 0.6 is 0 Å². The minimum absolute atomic E-state index is 0.0439. The summed E-state index contributed by atoms with van der Waals surface area (Å²) in [6.07, 6.45) is -2.40. The second-order valence-corrected chi connectivity index (χ2v) is 6.02. The molecule has 9 nitrogen and oxygen atoms in total. The Balaban J connectivity index is 2.32. The van der Waals surface area contributed by atoms with Crippen molar-refractivity contribution in [3.05, 3.63) is 35.9 Å². The number of carbonyl (C=O) groups is 3. The average molecular weight is 377 g/mol. The van der Waals surface area contributed by atoms with Crippen molar-refractivity contribution >= 4 is 18.0 Å². The number of carbonyl (C=O) groups excluding carboxylic acids is 2. The van der Waals surface area contributed by atoms with Gasteiger partial charge in [0, 0.05) is 12.5 Å². The Kier molecular flexibility index (Phi) is 9.33. The number of carboxylic acids is 1. The van der Waals surface area contributed by atoms with Crippen LogP contribution in [0.25, 0.3) is 0 Å². The van der Waals surface area contributed by atoms with E-state index in [1.165, 1.54) is 0 Å². The summed E-state index contributed by atoms with van der Waals surface area (Å²) in [6.45, 7) is 1.38. The van der Waals surface area contributed by atoms with Gasteiger partial charge in [0.1, 0.15) is 12.6 Å². The van der Waals surface area contributed by atoms with Crippen molar-refractivity contribution in [2.24, 2.45) is 5.92 Å². The molecule has 0 heterocycles. The fourth-order valence-electron chi connectivity index (χ4n) is 2.14. The van der Waals surface area contributed by atoms with E-state index in [0.29, 0.717) is 0 Å². The Morgan fingerprint density at radius 3 is 2.52 bits per heavy atom. The number of carboxylic acid groups (broad SMARTS) is 1. The number of nitriles is 1. The molecular formula is C18H23N3O6. The highest BCUT2D eigenvalue weighted by molar-refractivity contribution is 5.83. The van der Waals surface area contributed by atoms with Crippen molar-refractivity contribution in [1.29, 1.82) is 5.26 Å². The second kappa shape index (κ2) is 11.5. The lowest BCUT2D eigenvalue weighted by Crippen LogP contribution is -2.44. The lowest BCUT2D eigenvalue weighted by Gasteiger charge is -2.17. The Morgan fingerprint density at radius 2 is 1.93 bits per heavy atom. The highest BCUT2D eigenvalue weighted by atomic mass is 16.5. The second-order valence-electron chi connectivity index (χ2n) is 6.02. The Hall–Kier alpha value is -3.12. The Labute approximate surface area is 156 Å². The monoisotopic (exact) mass is 377 g/mol. The van der Waals surface area contributed by atoms with E-state index in [0.717, 1.165) is 5.56 Å². The number of benzene rings is 1. The summed E-state index contributed by atoms with van der Waals surface area (Å²) in [5, 5.41) is 32.2. The number of alkyl carbamates (subject to hydrolysis) is 1. The third-order valence-corrected chi connectivity index (χ3v) is 3.56. The molecule has 0 saturated heterocycles. The van der Waals surface area contributed by atoms with Crippen molar-refractivity contribution in [3.8, 4) is 6.07 Å². The van der Waals surface area contributed by atoms with Crippen LogP contribution in [0.1, 0.15) is 25.3 Å². The molecule has 0 aliphatic rings. The molecule has 1 rings (SSSR count). The summed E-state index contributed by atoms with van der Waals surface area (Å²) in [4.78, 5) is 34.5. The minimum Gasteiger partial charge on any atom is -0.480 e. The van der Waals surface area contributed by atoms with E-state index in [2.05, 4.69) is 10.6 Å². The topological polar surface area (TPSA) is 149 Å². The smallest absolute Gasteiger partial charge is 0.407 e. The quantitative estimate of drug-likeness (QED) is 0.471. The van der Waals surface area contributed by atoms with E-state index in [1.807, 2.05) is 12.1 Å². The number of hydrogen-bond donors (Lipinski definition) is 4. The van der Waals surface area contributed by atoms with Gasteiger partial charge in [0.25, 0.3) is 0 Å². The predicted molar refractivity (Wildman–Crippen MR) is 94.2 cm³/mol. The first-order chi connectivity index (χ1) is 12.8. The van der Waals surface area contributed by atoms with E-state index in [-0.39, 0.29) is 19.6 Å². The van der Waals surface area contributed by atoms with E-state index in [4.69, 9.17) is 15.1 Å². The lowest BCUT2D eigenvalue weighted by molar-refractivity contribution is -0.142. The van der Waals surface area contributed by atoms with Gasteiger partial charge < -0.3 is 25.6 Å². The molecule has 146 valence electrons. The summed E-state index contributed by atoms with van der Waals surface area (Å²) in [7, 11) is 0. The van der Waals surface area contributed by atoms with Gasteiger partial charge in [0.05, 0.1) is 18.6 Å². The summed E-state index contributed by atoms with van der Waals surface area (Å²) < 4.78 is 4.97. The number of rotatable bonds is 10. The van der Waals surface area contributed by atoms with Gasteiger partial charge in [-0.05, 0) is 18.9 Å². The number of aliphatic hydroxyl groups is 1. The molecule has 0 spiro atoms. The molecule has 0 aliphatic heterocycles. The van der Waals surface area contributed by atoms with Crippen molar-refractivity contribution in [2.75, 3.05) is 6.54 Å². The molecule has 0 unspecified atom stereocenters. The van der Waals surface area contributed by atoms with Crippen LogP contribution in [0, 0.1) is 17.2 Å². The maximum atomic E-state index is 11.8. The van der Waals surface area contributed by atoms with Crippen molar-refractivity contribution in [1.82, 2.24) is 10.6 Å². The van der Waals surface area contributed by atoms with Gasteiger partial charge in [0.15, 0.2) is 0 Å². The highest BCUT2D eigenvalue weighted by Crippen LogP contribution is 2.06. The van der Waals surface area contributed by atoms with Gasteiger partial charge in [-0.1, -0.05) is 30.3 Å². The third-order valence-electron chi connectivity index (χ3n) is 3.56. The van der Waals surface area contributed by atoms with Crippen LogP contribution in [0.2, 0.25) is 0 Å². The first-order valence-corrected chi connectivity index (χ1v) is 8.36. The van der Waals surface area contributed by atoms with Gasteiger partial charge in [0.2, 0.25) is 5.91 Å². The molecular weight excluding hydrogens is 354 g/mol. The van der Waals surface area contributed by atoms with Gasteiger partial charge in [-0.15, -0.1) is 0 Å². The zero-order valence-corrected chi connectivity index (χ0v) is 14.9. The number of nitrogens with zero attached hydrogens (tertiary/aromatic N) is 1. The predicted octanol–water partition coefficient (Wildman–Crippen LogP) is 0.783. The molecule has 1 aromatic rings. The summed E-state index contributed by atoms with van der Waals surface area (Å²) >= 11 is 0. The van der Waals surface area contributed by atoms with Gasteiger partial charge in [-0.25, -0.2) is 9.59 Å². The number of hydrogen-bond acceptors (Lipinski definition) is 6. The number of amides is 2. The largest absolute Gasteiger partial charge is 0.480 e. The molecule has 2 amide bonds. The molecule has 9 heteroatoms. The molecule has 3 atom stereocenters. The normalized spacial score (nSPS) is 13.5. The molecule has 0 aliphatic carbocycles. The third kappa shape index (κ3) is 9.23. The van der Waals surface area contributed by atoms with Crippen LogP contribution < -0.4 is 10.6 Å². The van der Waals surface area contributed by atoms with Gasteiger partial charge >= 0.3 is 12.1 Å². The van der Waals surface area contributed by atoms with E-state index >= 15 is 0 Å². The maximum absolute atomic E-state index is 11.8. The first kappa shape index (κ1) is 21.9. The van der Waals surface area contributed by atoms with Crippen LogP contribution in [0.5, 0.6) is 0 Å². The number of aliphatic hydroxyl groups excluding tert-OH is 1. The van der Waals surface area contributed by atoms with Gasteiger partial charge in [-0.2, -0.15) is 5.26 Å². The van der Waals surface area contributed by atoms with E-state index < -0.39 is 42.5 Å². The molecule has 0 radical (unpaired) electrons. The van der Waals surface area contributed by atoms with Crippen LogP contribution in [0.4, 0.5) is 4.79 Å². The number of aliphatic carboxylic acids is 1. The zero-order chi connectivity index (χ0) is 20.2. The van der Waals surface area contributed by atoms with E-state index in [1.54, 1.807) is 31.2 Å². The van der Waals surface area contributed by atoms with Crippen molar-refractivity contribution < 1.29 is 29.3 Å². The highest BCUT2D eigenvalue weighted by Gasteiger charge is 2.23. The summed E-state index contributed by atoms with van der Waals surface area (Å²) in [5.74, 6) is -2.50. The molecule has 0 fully saturated rings. The average Bonchev–Trinajstić information content (AvgIpc) is 2.64. The molecule has 1 aromatic carbocycles. The fourth-order valence-corrected chi connectivity index (χ4v) is 2.14. The summed E-state index contributed by atoms with van der Waals surface area (Å²) in [5.41, 5.74) is 0.805. The fraction of sp³-hybridized carbons (Fsp3) is 0.444. The van der Waals surface area contributed by atoms with Gasteiger partial charge in [-0.3, -0.25) is 4.79 Å². The SMILES string of the molecule is C[C@H](C#N)C[C@H](NC(=O)C[C@@H](O)CNC(=O)OCc1ccccc1)C(=O)O. The Morgan fingerprint density at radius 1 is 1.26 bits per heavy atom. The number of ether oxygens (including phenoxy) is 1.